The molecule has 0 unspecified atom stereocenters. The van der Waals surface area contributed by atoms with Crippen molar-refractivity contribution in [3.8, 4) is 0 Å². The summed E-state index contributed by atoms with van der Waals surface area (Å²) in [6, 6.07) is 6.07. The third kappa shape index (κ3) is 8.67. The molecular weight excluding hydrogens is 295 g/mol. The molecule has 0 aliphatic carbocycles. The highest BCUT2D eigenvalue weighted by Gasteiger charge is 2.17. The van der Waals surface area contributed by atoms with Crippen LogP contribution < -0.4 is 5.32 Å². The summed E-state index contributed by atoms with van der Waals surface area (Å²) in [5, 5.41) is 3.31. The number of hydrogen-bond donors (Lipinski definition) is 1. The molecule has 1 atom stereocenters. The first kappa shape index (κ1) is 21.5. The molecule has 1 heterocycles. The second-order valence-corrected chi connectivity index (χ2v) is 6.62. The molecule has 1 N–H and O–H groups in total. The largest absolute Gasteiger partial charge is 0.456 e. The van der Waals surface area contributed by atoms with Gasteiger partial charge in [0.25, 0.3) is 0 Å². The topological polar surface area (TPSA) is 41.6 Å². The molecule has 0 amide bonds. The number of likely N-dealkylation sites (N-methyl/N-ethyl adjacent to an activating group) is 1. The van der Waals surface area contributed by atoms with Crippen molar-refractivity contribution in [2.45, 2.75) is 46.3 Å². The summed E-state index contributed by atoms with van der Waals surface area (Å²) in [5.74, 6) is -0.796. The molecular formula is C18H31FN2O2. The van der Waals surface area contributed by atoms with Gasteiger partial charge < -0.3 is 15.0 Å². The van der Waals surface area contributed by atoms with Gasteiger partial charge in [-0.3, -0.25) is 0 Å². The van der Waals surface area contributed by atoms with Crippen molar-refractivity contribution in [3.63, 3.8) is 0 Å². The summed E-state index contributed by atoms with van der Waals surface area (Å²) in [4.78, 5) is 13.7. The van der Waals surface area contributed by atoms with E-state index in [-0.39, 0.29) is 13.2 Å². The van der Waals surface area contributed by atoms with Gasteiger partial charge in [0.05, 0.1) is 5.56 Å². The average molecular weight is 326 g/mol. The molecule has 1 aromatic rings. The molecule has 1 aromatic carbocycles. The van der Waals surface area contributed by atoms with Gasteiger partial charge in [0.2, 0.25) is 0 Å². The second kappa shape index (κ2) is 9.63. The smallest absolute Gasteiger partial charge is 0.338 e. The van der Waals surface area contributed by atoms with E-state index in [0.717, 1.165) is 6.04 Å². The van der Waals surface area contributed by atoms with Gasteiger partial charge in [-0.15, -0.1) is 0 Å². The van der Waals surface area contributed by atoms with E-state index in [4.69, 9.17) is 4.74 Å². The summed E-state index contributed by atoms with van der Waals surface area (Å²) >= 11 is 0. The highest BCUT2D eigenvalue weighted by molar-refractivity contribution is 5.89. The highest BCUT2D eigenvalue weighted by Crippen LogP contribution is 2.12. The molecule has 0 bridgehead atoms. The van der Waals surface area contributed by atoms with Crippen LogP contribution in [-0.4, -0.2) is 49.7 Å². The van der Waals surface area contributed by atoms with E-state index in [0.29, 0.717) is 5.56 Å². The van der Waals surface area contributed by atoms with E-state index >= 15 is 0 Å². The van der Waals surface area contributed by atoms with E-state index in [1.165, 1.54) is 43.8 Å². The van der Waals surface area contributed by atoms with Crippen molar-refractivity contribution in [2.24, 2.45) is 0 Å². The number of hydrogen-bond acceptors (Lipinski definition) is 4. The summed E-state index contributed by atoms with van der Waals surface area (Å²) in [7, 11) is 4.27. The lowest BCUT2D eigenvalue weighted by molar-refractivity contribution is 0.00695. The third-order valence-electron chi connectivity index (χ3n) is 3.24. The normalized spacial score (nSPS) is 17.1. The Balaban J connectivity index is 0.000000460. The predicted molar refractivity (Wildman–Crippen MR) is 93.3 cm³/mol. The fourth-order valence-corrected chi connectivity index (χ4v) is 2.00. The van der Waals surface area contributed by atoms with Gasteiger partial charge in [0.15, 0.2) is 0 Å². The number of benzene rings is 1. The zero-order valence-electron chi connectivity index (χ0n) is 14.1. The molecule has 1 fully saturated rings. The maximum absolute atomic E-state index is 12.5. The van der Waals surface area contributed by atoms with Crippen molar-refractivity contribution in [3.05, 3.63) is 35.6 Å². The lowest BCUT2D eigenvalue weighted by Gasteiger charge is -2.19. The van der Waals surface area contributed by atoms with Crippen LogP contribution in [0.25, 0.3) is 0 Å². The lowest BCUT2D eigenvalue weighted by atomic mass is 10.1. The van der Waals surface area contributed by atoms with Gasteiger partial charge in [-0.25, -0.2) is 9.18 Å². The zero-order valence-corrected chi connectivity index (χ0v) is 14.1. The van der Waals surface area contributed by atoms with Crippen LogP contribution in [0.5, 0.6) is 0 Å². The van der Waals surface area contributed by atoms with E-state index < -0.39 is 11.6 Å². The summed E-state index contributed by atoms with van der Waals surface area (Å²) in [5.41, 5.74) is -0.160. The van der Waals surface area contributed by atoms with Crippen molar-refractivity contribution < 1.29 is 13.9 Å². The summed E-state index contributed by atoms with van der Waals surface area (Å²) < 4.78 is 17.6. The standard InChI is InChI=1S/C11H13FO2.C6H14N2.CH4/c1-11(2,3)14-10(13)8-4-6-9(12)7-5-8;1-8(2)6-3-4-7-5-6;/h4-7H,1-3H3;6-7H,3-5H2,1-2H3;1H4/t;6-;/m.0./s1. The van der Waals surface area contributed by atoms with Gasteiger partial charge in [-0.2, -0.15) is 0 Å². The molecule has 0 radical (unpaired) electrons. The number of carbonyl (C=O) groups excluding carboxylic acids is 1. The van der Waals surface area contributed by atoms with Crippen LogP contribution in [0.2, 0.25) is 0 Å². The molecule has 1 aliphatic heterocycles. The Kier molecular flexibility index (Phi) is 9.02. The van der Waals surface area contributed by atoms with Crippen LogP contribution in [0.4, 0.5) is 4.39 Å². The molecule has 4 nitrogen and oxygen atoms in total. The van der Waals surface area contributed by atoms with Crippen molar-refractivity contribution in [1.29, 1.82) is 0 Å². The SMILES string of the molecule is C.CC(C)(C)OC(=O)c1ccc(F)cc1.CN(C)[C@H]1CCNC1. The fraction of sp³-hybridized carbons (Fsp3) is 0.611. The van der Waals surface area contributed by atoms with Gasteiger partial charge in [0, 0.05) is 12.6 Å². The first-order valence-corrected chi connectivity index (χ1v) is 7.55. The number of rotatable bonds is 2. The maximum atomic E-state index is 12.5. The molecule has 0 aromatic heterocycles. The van der Waals surface area contributed by atoms with Gasteiger partial charge >= 0.3 is 5.97 Å². The Bertz CT molecular complexity index is 461. The Morgan fingerprint density at radius 1 is 1.26 bits per heavy atom. The Morgan fingerprint density at radius 2 is 1.83 bits per heavy atom. The van der Waals surface area contributed by atoms with Crippen LogP contribution in [-0.2, 0) is 4.74 Å². The molecule has 5 heteroatoms. The quantitative estimate of drug-likeness (QED) is 0.847. The number of nitrogens with one attached hydrogen (secondary N) is 1. The molecule has 23 heavy (non-hydrogen) atoms. The van der Waals surface area contributed by atoms with Crippen molar-refractivity contribution >= 4 is 5.97 Å². The second-order valence-electron chi connectivity index (χ2n) is 6.62. The molecule has 1 saturated heterocycles. The van der Waals surface area contributed by atoms with Gasteiger partial charge in [0.1, 0.15) is 11.4 Å². The van der Waals surface area contributed by atoms with Gasteiger partial charge in [-0.1, -0.05) is 7.43 Å². The Hall–Kier alpha value is -1.46. The summed E-state index contributed by atoms with van der Waals surface area (Å²) in [6.07, 6.45) is 1.31. The van der Waals surface area contributed by atoms with Crippen LogP contribution >= 0.6 is 0 Å². The van der Waals surface area contributed by atoms with E-state index in [2.05, 4.69) is 24.3 Å². The minimum atomic E-state index is -0.522. The van der Waals surface area contributed by atoms with E-state index in [9.17, 15) is 9.18 Å². The zero-order chi connectivity index (χ0) is 16.8. The van der Waals surface area contributed by atoms with Crippen molar-refractivity contribution in [2.75, 3.05) is 27.2 Å². The van der Waals surface area contributed by atoms with Crippen LogP contribution in [0.3, 0.4) is 0 Å². The molecule has 2 rings (SSSR count). The minimum absolute atomic E-state index is 0. The van der Waals surface area contributed by atoms with Crippen molar-refractivity contribution in [1.82, 2.24) is 10.2 Å². The monoisotopic (exact) mass is 326 g/mol. The number of nitrogens with zero attached hydrogens (tertiary/aromatic N) is 1. The number of ether oxygens (including phenoxy) is 1. The molecule has 0 saturated carbocycles. The first-order chi connectivity index (χ1) is 10.2. The third-order valence-corrected chi connectivity index (χ3v) is 3.24. The van der Waals surface area contributed by atoms with E-state index in [1.54, 1.807) is 20.8 Å². The lowest BCUT2D eigenvalue weighted by Crippen LogP contribution is -2.29. The number of esters is 1. The Labute approximate surface area is 140 Å². The average Bonchev–Trinajstić information content (AvgIpc) is 2.92. The predicted octanol–water partition coefficient (Wildman–Crippen LogP) is 3.33. The van der Waals surface area contributed by atoms with Crippen LogP contribution in [0.1, 0.15) is 45.0 Å². The fourth-order valence-electron chi connectivity index (χ4n) is 2.00. The molecule has 1 aliphatic rings. The van der Waals surface area contributed by atoms with Gasteiger partial charge in [-0.05, 0) is 72.1 Å². The molecule has 0 spiro atoms. The highest BCUT2D eigenvalue weighted by atomic mass is 19.1. The summed E-state index contributed by atoms with van der Waals surface area (Å²) in [6.45, 7) is 7.73. The Morgan fingerprint density at radius 3 is 2.17 bits per heavy atom. The van der Waals surface area contributed by atoms with Crippen LogP contribution in [0, 0.1) is 5.82 Å². The first-order valence-electron chi connectivity index (χ1n) is 7.55. The van der Waals surface area contributed by atoms with Crippen LogP contribution in [0.15, 0.2) is 24.3 Å². The number of carbonyl (C=O) groups is 1. The number of halogens is 1. The maximum Gasteiger partial charge on any atom is 0.338 e. The van der Waals surface area contributed by atoms with E-state index in [1.807, 2.05) is 0 Å². The molecule has 132 valence electrons. The minimum Gasteiger partial charge on any atom is -0.456 e.